The third kappa shape index (κ3) is 3.65. The Bertz CT molecular complexity index is 708. The van der Waals surface area contributed by atoms with Gasteiger partial charge in [0.25, 0.3) is 5.91 Å². The third-order valence-corrected chi connectivity index (χ3v) is 3.62. The van der Waals surface area contributed by atoms with Gasteiger partial charge in [0.05, 0.1) is 10.6 Å². The highest BCUT2D eigenvalue weighted by atomic mass is 35.5. The molecule has 22 heavy (non-hydrogen) atoms. The maximum atomic E-state index is 12.2. The van der Waals surface area contributed by atoms with E-state index in [4.69, 9.17) is 16.7 Å². The monoisotopic (exact) mass is 317 g/mol. The van der Waals surface area contributed by atoms with Gasteiger partial charge in [-0.25, -0.2) is 4.79 Å². The molecular formula is C17H16ClNO3. The van der Waals surface area contributed by atoms with Gasteiger partial charge in [-0.3, -0.25) is 4.79 Å². The maximum Gasteiger partial charge on any atom is 0.337 e. The Morgan fingerprint density at radius 3 is 2.27 bits per heavy atom. The number of hydrogen-bond acceptors (Lipinski definition) is 2. The number of nitrogens with one attached hydrogen (secondary N) is 1. The Kier molecular flexibility index (Phi) is 4.83. The Morgan fingerprint density at radius 1 is 1.09 bits per heavy atom. The summed E-state index contributed by atoms with van der Waals surface area (Å²) in [7, 11) is 0. The number of anilines is 1. The third-order valence-electron chi connectivity index (χ3n) is 3.29. The summed E-state index contributed by atoms with van der Waals surface area (Å²) >= 11 is 5.80. The molecule has 2 aromatic carbocycles. The van der Waals surface area contributed by atoms with E-state index >= 15 is 0 Å². The van der Waals surface area contributed by atoms with Crippen LogP contribution >= 0.6 is 11.6 Å². The van der Waals surface area contributed by atoms with Crippen molar-refractivity contribution in [3.8, 4) is 0 Å². The average molecular weight is 318 g/mol. The smallest absolute Gasteiger partial charge is 0.337 e. The minimum Gasteiger partial charge on any atom is -0.478 e. The van der Waals surface area contributed by atoms with Crippen LogP contribution in [0.2, 0.25) is 5.02 Å². The van der Waals surface area contributed by atoms with Crippen molar-refractivity contribution >= 4 is 29.2 Å². The van der Waals surface area contributed by atoms with E-state index < -0.39 is 5.97 Å². The number of carbonyl (C=O) groups excluding carboxylic acids is 1. The van der Waals surface area contributed by atoms with E-state index in [1.54, 1.807) is 18.2 Å². The van der Waals surface area contributed by atoms with Crippen LogP contribution in [0.1, 0.15) is 46.0 Å². The van der Waals surface area contributed by atoms with E-state index in [-0.39, 0.29) is 16.5 Å². The number of carbonyl (C=O) groups is 2. The molecule has 0 aliphatic carbocycles. The fourth-order valence-electron chi connectivity index (χ4n) is 1.99. The van der Waals surface area contributed by atoms with Crippen LogP contribution in [0.3, 0.4) is 0 Å². The first-order valence-electron chi connectivity index (χ1n) is 6.82. The molecule has 0 atom stereocenters. The highest BCUT2D eigenvalue weighted by Crippen LogP contribution is 2.21. The molecule has 0 fully saturated rings. The Balaban J connectivity index is 2.18. The SMILES string of the molecule is CC(C)c1ccc(C(=O)Nc2ccc(Cl)c(C(=O)O)c2)cc1. The number of halogens is 1. The lowest BCUT2D eigenvalue weighted by Crippen LogP contribution is -2.12. The van der Waals surface area contributed by atoms with Crippen molar-refractivity contribution < 1.29 is 14.7 Å². The lowest BCUT2D eigenvalue weighted by molar-refractivity contribution is 0.0696. The predicted octanol–water partition coefficient (Wildman–Crippen LogP) is 4.41. The van der Waals surface area contributed by atoms with Crippen molar-refractivity contribution in [2.75, 3.05) is 5.32 Å². The summed E-state index contributed by atoms with van der Waals surface area (Å²) in [6.07, 6.45) is 0. The van der Waals surface area contributed by atoms with E-state index in [1.165, 1.54) is 12.1 Å². The van der Waals surface area contributed by atoms with Crippen molar-refractivity contribution in [3.63, 3.8) is 0 Å². The van der Waals surface area contributed by atoms with Gasteiger partial charge in [-0.1, -0.05) is 37.6 Å². The molecule has 4 nitrogen and oxygen atoms in total. The lowest BCUT2D eigenvalue weighted by Gasteiger charge is -2.09. The number of amides is 1. The molecule has 0 heterocycles. The number of rotatable bonds is 4. The van der Waals surface area contributed by atoms with E-state index in [0.717, 1.165) is 5.56 Å². The van der Waals surface area contributed by atoms with Gasteiger partial charge in [0.2, 0.25) is 0 Å². The second-order valence-electron chi connectivity index (χ2n) is 5.23. The topological polar surface area (TPSA) is 66.4 Å². The molecule has 0 aromatic heterocycles. The van der Waals surface area contributed by atoms with Gasteiger partial charge in [0, 0.05) is 11.3 Å². The van der Waals surface area contributed by atoms with E-state index in [2.05, 4.69) is 19.2 Å². The van der Waals surface area contributed by atoms with Gasteiger partial charge in [0.1, 0.15) is 0 Å². The lowest BCUT2D eigenvalue weighted by atomic mass is 10.0. The van der Waals surface area contributed by atoms with Gasteiger partial charge >= 0.3 is 5.97 Å². The molecule has 0 saturated heterocycles. The number of aromatic carboxylic acids is 1. The second kappa shape index (κ2) is 6.62. The average Bonchev–Trinajstić information content (AvgIpc) is 2.49. The second-order valence-corrected chi connectivity index (χ2v) is 5.64. The van der Waals surface area contributed by atoms with Crippen LogP contribution in [-0.4, -0.2) is 17.0 Å². The normalized spacial score (nSPS) is 10.5. The molecule has 0 spiro atoms. The van der Waals surface area contributed by atoms with Crippen molar-refractivity contribution in [2.45, 2.75) is 19.8 Å². The van der Waals surface area contributed by atoms with E-state index in [0.29, 0.717) is 17.2 Å². The summed E-state index contributed by atoms with van der Waals surface area (Å²) in [5.41, 5.74) is 2.00. The Hall–Kier alpha value is -2.33. The number of benzene rings is 2. The Morgan fingerprint density at radius 2 is 1.73 bits per heavy atom. The molecule has 0 aliphatic rings. The Labute approximate surface area is 133 Å². The summed E-state index contributed by atoms with van der Waals surface area (Å²) in [5, 5.41) is 11.8. The molecule has 0 saturated carbocycles. The van der Waals surface area contributed by atoms with Gasteiger partial charge in [-0.05, 0) is 41.8 Å². The number of hydrogen-bond donors (Lipinski definition) is 2. The van der Waals surface area contributed by atoms with E-state index in [9.17, 15) is 9.59 Å². The molecular weight excluding hydrogens is 302 g/mol. The zero-order valence-electron chi connectivity index (χ0n) is 12.3. The molecule has 5 heteroatoms. The van der Waals surface area contributed by atoms with Gasteiger partial charge in [-0.2, -0.15) is 0 Å². The molecule has 2 aromatic rings. The summed E-state index contributed by atoms with van der Waals surface area (Å²) in [5.74, 6) is -1.04. The van der Waals surface area contributed by atoms with Gasteiger partial charge in [0.15, 0.2) is 0 Å². The van der Waals surface area contributed by atoms with Crippen molar-refractivity contribution in [1.82, 2.24) is 0 Å². The van der Waals surface area contributed by atoms with Crippen LogP contribution in [-0.2, 0) is 0 Å². The minimum absolute atomic E-state index is 0.0466. The predicted molar refractivity (Wildman–Crippen MR) is 86.9 cm³/mol. The first-order valence-corrected chi connectivity index (χ1v) is 7.20. The fourth-order valence-corrected chi connectivity index (χ4v) is 2.19. The van der Waals surface area contributed by atoms with Gasteiger partial charge in [-0.15, -0.1) is 0 Å². The van der Waals surface area contributed by atoms with Gasteiger partial charge < -0.3 is 10.4 Å². The fraction of sp³-hybridized carbons (Fsp3) is 0.176. The van der Waals surface area contributed by atoms with Crippen LogP contribution in [0.4, 0.5) is 5.69 Å². The highest BCUT2D eigenvalue weighted by molar-refractivity contribution is 6.33. The standard InChI is InChI=1S/C17H16ClNO3/c1-10(2)11-3-5-12(6-4-11)16(20)19-13-7-8-15(18)14(9-13)17(21)22/h3-10H,1-2H3,(H,19,20)(H,21,22). The molecule has 0 bridgehead atoms. The first kappa shape index (κ1) is 16.0. The van der Waals surface area contributed by atoms with E-state index in [1.807, 2.05) is 12.1 Å². The quantitative estimate of drug-likeness (QED) is 0.877. The molecule has 0 radical (unpaired) electrons. The molecule has 114 valence electrons. The zero-order chi connectivity index (χ0) is 16.3. The van der Waals surface area contributed by atoms with Crippen molar-refractivity contribution in [3.05, 3.63) is 64.2 Å². The molecule has 0 unspecified atom stereocenters. The van der Waals surface area contributed by atoms with Crippen LogP contribution in [0, 0.1) is 0 Å². The molecule has 2 rings (SSSR count). The van der Waals surface area contributed by atoms with Crippen LogP contribution in [0.5, 0.6) is 0 Å². The molecule has 2 N–H and O–H groups in total. The molecule has 0 aliphatic heterocycles. The van der Waals surface area contributed by atoms with Crippen molar-refractivity contribution in [2.24, 2.45) is 0 Å². The minimum atomic E-state index is -1.14. The number of carboxylic acids is 1. The highest BCUT2D eigenvalue weighted by Gasteiger charge is 2.12. The maximum absolute atomic E-state index is 12.2. The summed E-state index contributed by atoms with van der Waals surface area (Å²) in [6, 6.07) is 11.7. The zero-order valence-corrected chi connectivity index (χ0v) is 13.0. The van der Waals surface area contributed by atoms with Crippen LogP contribution in [0.25, 0.3) is 0 Å². The summed E-state index contributed by atoms with van der Waals surface area (Å²) in [4.78, 5) is 23.2. The summed E-state index contributed by atoms with van der Waals surface area (Å²) in [6.45, 7) is 4.16. The number of carboxylic acid groups (broad SMARTS) is 1. The largest absolute Gasteiger partial charge is 0.478 e. The van der Waals surface area contributed by atoms with Crippen LogP contribution < -0.4 is 5.32 Å². The first-order chi connectivity index (χ1) is 10.4. The molecule has 1 amide bonds. The van der Waals surface area contributed by atoms with Crippen LogP contribution in [0.15, 0.2) is 42.5 Å². The summed E-state index contributed by atoms with van der Waals surface area (Å²) < 4.78 is 0. The van der Waals surface area contributed by atoms with Crippen molar-refractivity contribution in [1.29, 1.82) is 0 Å².